The third kappa shape index (κ3) is 6.75. The molecule has 2 N–H and O–H groups in total. The number of nitrogens with one attached hydrogen (secondary N) is 2. The molecule has 10 nitrogen and oxygen atoms in total. The highest BCUT2D eigenvalue weighted by Crippen LogP contribution is 2.28. The number of rotatable bonds is 11. The molecule has 0 saturated carbocycles. The first kappa shape index (κ1) is 31.5. The maximum atomic E-state index is 14.6. The zero-order chi connectivity index (χ0) is 32.2. The van der Waals surface area contributed by atoms with E-state index < -0.39 is 29.8 Å². The van der Waals surface area contributed by atoms with E-state index >= 15 is 0 Å². The van der Waals surface area contributed by atoms with Gasteiger partial charge in [0, 0.05) is 55.3 Å². The molecule has 1 saturated heterocycles. The van der Waals surface area contributed by atoms with Gasteiger partial charge in [0.2, 0.25) is 17.8 Å². The maximum Gasteiger partial charge on any atom is 0.245 e. The van der Waals surface area contributed by atoms with Gasteiger partial charge in [0.05, 0.1) is 17.1 Å². The van der Waals surface area contributed by atoms with Crippen LogP contribution in [0.1, 0.15) is 35.0 Å². The summed E-state index contributed by atoms with van der Waals surface area (Å²) in [7, 11) is 0. The predicted octanol–water partition coefficient (Wildman–Crippen LogP) is 4.98. The van der Waals surface area contributed by atoms with Gasteiger partial charge >= 0.3 is 0 Å². The number of benzene rings is 2. The van der Waals surface area contributed by atoms with Gasteiger partial charge in [-0.15, -0.1) is 6.58 Å². The standard InChI is InChI=1S/C32H30ClF2N7O3/c1-4-8-36-32-38-14-22(15-39-32)20-6-7-26-24(11-20)30(18(3)43)40-42(26)17-28(44)41-16-23(34)12-27(41)31(45)37-13-21-9-19(5-2)10-25(33)29(21)35/h4-7,9-11,14-15,23,27H,1-2,8,12-13,16-17H2,3H3,(H,37,45)(H,36,38,39)/t23-,27+/m1/s1. The number of aromatic nitrogens is 4. The maximum absolute atomic E-state index is 14.6. The van der Waals surface area contributed by atoms with E-state index in [2.05, 4.69) is 38.9 Å². The second kappa shape index (κ2) is 13.3. The van der Waals surface area contributed by atoms with Crippen LogP contribution >= 0.6 is 11.6 Å². The summed E-state index contributed by atoms with van der Waals surface area (Å²) < 4.78 is 30.5. The lowest BCUT2D eigenvalue weighted by Crippen LogP contribution is -2.46. The molecule has 0 spiro atoms. The Labute approximate surface area is 262 Å². The zero-order valence-electron chi connectivity index (χ0n) is 24.4. The number of Topliss-reactive ketones (excluding diaryl/α,β-unsaturated/α-hetero) is 1. The molecule has 5 rings (SSSR count). The number of nitrogens with zero attached hydrogens (tertiary/aromatic N) is 5. The molecule has 2 aromatic carbocycles. The molecular weight excluding hydrogens is 604 g/mol. The van der Waals surface area contributed by atoms with Gasteiger partial charge in [0.25, 0.3) is 0 Å². The molecule has 0 unspecified atom stereocenters. The summed E-state index contributed by atoms with van der Waals surface area (Å²) in [6, 6.07) is 7.08. The summed E-state index contributed by atoms with van der Waals surface area (Å²) in [6.45, 7) is 8.34. The largest absolute Gasteiger partial charge is 0.351 e. The first-order chi connectivity index (χ1) is 21.6. The van der Waals surface area contributed by atoms with E-state index in [0.29, 0.717) is 34.5 Å². The van der Waals surface area contributed by atoms with Crippen LogP contribution in [-0.4, -0.2) is 67.5 Å². The minimum absolute atomic E-state index is 0.121. The lowest BCUT2D eigenvalue weighted by Gasteiger charge is -2.24. The SMILES string of the molecule is C=CCNc1ncc(-c2ccc3c(c2)c(C(C)=O)nn3CC(=O)N2C[C@H](F)C[C@H]2C(=O)NCc2cc(C=C)cc(Cl)c2F)cn1. The number of likely N-dealkylation sites (tertiary alicyclic amines) is 1. The number of amides is 2. The molecule has 1 fully saturated rings. The number of carbonyl (C=O) groups is 3. The molecule has 4 aromatic rings. The Balaban J connectivity index is 1.34. The molecule has 1 aliphatic rings. The van der Waals surface area contributed by atoms with Crippen molar-refractivity contribution >= 4 is 52.1 Å². The van der Waals surface area contributed by atoms with Gasteiger partial charge in [-0.25, -0.2) is 18.7 Å². The first-order valence-electron chi connectivity index (χ1n) is 14.1. The lowest BCUT2D eigenvalue weighted by atomic mass is 10.0. The summed E-state index contributed by atoms with van der Waals surface area (Å²) in [4.78, 5) is 48.8. The summed E-state index contributed by atoms with van der Waals surface area (Å²) in [6.07, 6.45) is 4.84. The monoisotopic (exact) mass is 633 g/mol. The van der Waals surface area contributed by atoms with Gasteiger partial charge < -0.3 is 15.5 Å². The van der Waals surface area contributed by atoms with Gasteiger partial charge in [-0.05, 0) is 35.4 Å². The number of anilines is 1. The number of fused-ring (bicyclic) bond motifs is 1. The van der Waals surface area contributed by atoms with Crippen LogP contribution in [0, 0.1) is 5.82 Å². The van der Waals surface area contributed by atoms with E-state index in [4.69, 9.17) is 11.6 Å². The highest BCUT2D eigenvalue weighted by molar-refractivity contribution is 6.31. The molecular formula is C32H30ClF2N7O3. The van der Waals surface area contributed by atoms with Crippen LogP contribution in [-0.2, 0) is 22.7 Å². The predicted molar refractivity (Wildman–Crippen MR) is 168 cm³/mol. The Bertz CT molecular complexity index is 1810. The molecule has 2 atom stereocenters. The van der Waals surface area contributed by atoms with Gasteiger partial charge in [0.1, 0.15) is 30.3 Å². The molecule has 0 aliphatic carbocycles. The Hall–Kier alpha value is -4.97. The number of halogens is 3. The third-order valence-corrected chi connectivity index (χ3v) is 7.72. The fourth-order valence-corrected chi connectivity index (χ4v) is 5.46. The van der Waals surface area contributed by atoms with Crippen molar-refractivity contribution in [3.63, 3.8) is 0 Å². The molecule has 1 aliphatic heterocycles. The van der Waals surface area contributed by atoms with E-state index in [1.54, 1.807) is 36.7 Å². The van der Waals surface area contributed by atoms with Gasteiger partial charge in [-0.1, -0.05) is 36.4 Å². The Morgan fingerprint density at radius 3 is 2.58 bits per heavy atom. The molecule has 0 bridgehead atoms. The highest BCUT2D eigenvalue weighted by Gasteiger charge is 2.40. The van der Waals surface area contributed by atoms with Gasteiger partial charge in [-0.2, -0.15) is 5.10 Å². The summed E-state index contributed by atoms with van der Waals surface area (Å²) in [5.41, 5.74) is 2.81. The van der Waals surface area contributed by atoms with Gasteiger partial charge in [-0.3, -0.25) is 19.1 Å². The van der Waals surface area contributed by atoms with E-state index in [1.165, 1.54) is 29.8 Å². The number of hydrogen-bond donors (Lipinski definition) is 2. The van der Waals surface area contributed by atoms with Crippen LogP contribution < -0.4 is 10.6 Å². The summed E-state index contributed by atoms with van der Waals surface area (Å²) >= 11 is 5.95. The minimum atomic E-state index is -1.43. The second-order valence-electron chi connectivity index (χ2n) is 10.6. The Kier molecular flexibility index (Phi) is 9.33. The van der Waals surface area contributed by atoms with Crippen molar-refractivity contribution in [2.24, 2.45) is 0 Å². The van der Waals surface area contributed by atoms with Crippen LogP contribution in [0.5, 0.6) is 0 Å². The summed E-state index contributed by atoms with van der Waals surface area (Å²) in [5.74, 6) is -1.74. The number of ketones is 1. The van der Waals surface area contributed by atoms with Gasteiger partial charge in [0.15, 0.2) is 5.78 Å². The Morgan fingerprint density at radius 2 is 1.89 bits per heavy atom. The summed E-state index contributed by atoms with van der Waals surface area (Å²) in [5, 5.41) is 10.4. The highest BCUT2D eigenvalue weighted by atomic mass is 35.5. The molecule has 232 valence electrons. The lowest BCUT2D eigenvalue weighted by molar-refractivity contribution is -0.139. The van der Waals surface area contributed by atoms with Crippen molar-refractivity contribution < 1.29 is 23.2 Å². The van der Waals surface area contributed by atoms with Crippen LogP contribution in [0.25, 0.3) is 28.1 Å². The first-order valence-corrected chi connectivity index (χ1v) is 14.5. The zero-order valence-corrected chi connectivity index (χ0v) is 25.2. The van der Waals surface area contributed by atoms with E-state index in [-0.39, 0.29) is 48.1 Å². The van der Waals surface area contributed by atoms with E-state index in [9.17, 15) is 23.2 Å². The van der Waals surface area contributed by atoms with Crippen molar-refractivity contribution in [2.75, 3.05) is 18.4 Å². The molecule has 13 heteroatoms. The fraction of sp³-hybridized carbons (Fsp3) is 0.250. The van der Waals surface area contributed by atoms with Crippen LogP contribution in [0.2, 0.25) is 5.02 Å². The van der Waals surface area contributed by atoms with Crippen molar-refractivity contribution in [1.82, 2.24) is 30.0 Å². The molecule has 45 heavy (non-hydrogen) atoms. The fourth-order valence-electron chi connectivity index (χ4n) is 5.22. The molecule has 3 heterocycles. The smallest absolute Gasteiger partial charge is 0.245 e. The molecule has 2 amide bonds. The number of alkyl halides is 1. The normalized spacial score (nSPS) is 16.0. The van der Waals surface area contributed by atoms with Crippen molar-refractivity contribution in [3.8, 4) is 11.1 Å². The van der Waals surface area contributed by atoms with Crippen molar-refractivity contribution in [3.05, 3.63) is 89.6 Å². The second-order valence-corrected chi connectivity index (χ2v) is 11.0. The molecule has 2 aromatic heterocycles. The van der Waals surface area contributed by atoms with E-state index in [0.717, 1.165) is 10.5 Å². The quantitative estimate of drug-likeness (QED) is 0.176. The number of hydrogen-bond acceptors (Lipinski definition) is 7. The van der Waals surface area contributed by atoms with E-state index in [1.807, 2.05) is 0 Å². The van der Waals surface area contributed by atoms with Crippen LogP contribution in [0.3, 0.4) is 0 Å². The topological polar surface area (TPSA) is 122 Å². The van der Waals surface area contributed by atoms with Crippen molar-refractivity contribution in [1.29, 1.82) is 0 Å². The van der Waals surface area contributed by atoms with Crippen molar-refractivity contribution in [2.45, 2.75) is 38.6 Å². The third-order valence-electron chi connectivity index (χ3n) is 7.45. The minimum Gasteiger partial charge on any atom is -0.351 e. The van der Waals surface area contributed by atoms with Crippen LogP contribution in [0.15, 0.2) is 62.0 Å². The average Bonchev–Trinajstić information content (AvgIpc) is 3.61. The number of carbonyl (C=O) groups excluding carboxylic acids is 3. The average molecular weight is 634 g/mol. The molecule has 0 radical (unpaired) electrons. The Morgan fingerprint density at radius 1 is 1.13 bits per heavy atom. The van der Waals surface area contributed by atoms with Crippen LogP contribution in [0.4, 0.5) is 14.7 Å².